The van der Waals surface area contributed by atoms with E-state index in [0.717, 1.165) is 25.0 Å². The molecule has 0 radical (unpaired) electrons. The topological polar surface area (TPSA) is 9.23 Å². The lowest BCUT2D eigenvalue weighted by Crippen LogP contribution is -2.45. The second kappa shape index (κ2) is 5.16. The maximum atomic E-state index is 5.56. The monoisotopic (exact) mass is 198 g/mol. The van der Waals surface area contributed by atoms with Gasteiger partial charge in [0.25, 0.3) is 0 Å². The van der Waals surface area contributed by atoms with Gasteiger partial charge in [-0.2, -0.15) is 0 Å². The minimum atomic E-state index is 0.632. The summed E-state index contributed by atoms with van der Waals surface area (Å²) < 4.78 is 5.56. The van der Waals surface area contributed by atoms with E-state index in [0.29, 0.717) is 5.41 Å². The molecule has 2 aliphatic rings. The molecule has 0 aromatic rings. The van der Waals surface area contributed by atoms with E-state index in [1.807, 2.05) is 13.8 Å². The van der Waals surface area contributed by atoms with Crippen LogP contribution in [-0.4, -0.2) is 13.2 Å². The smallest absolute Gasteiger partial charge is 0.0522 e. The third kappa shape index (κ3) is 2.50. The molecule has 1 aliphatic carbocycles. The van der Waals surface area contributed by atoms with Crippen LogP contribution < -0.4 is 0 Å². The van der Waals surface area contributed by atoms with E-state index in [4.69, 9.17) is 4.74 Å². The molecule has 0 aromatic heterocycles. The summed E-state index contributed by atoms with van der Waals surface area (Å²) in [5, 5.41) is 0. The van der Waals surface area contributed by atoms with Crippen molar-refractivity contribution in [2.45, 2.75) is 53.4 Å². The summed E-state index contributed by atoms with van der Waals surface area (Å²) in [6.07, 6.45) is 5.59. The minimum Gasteiger partial charge on any atom is -0.381 e. The Kier molecular flexibility index (Phi) is 4.43. The molecule has 1 spiro atoms. The molecule has 2 rings (SSSR count). The lowest BCUT2D eigenvalue weighted by Gasteiger charge is -2.51. The van der Waals surface area contributed by atoms with Crippen molar-refractivity contribution in [3.63, 3.8) is 0 Å². The Hall–Kier alpha value is -0.0400. The highest BCUT2D eigenvalue weighted by molar-refractivity contribution is 4.95. The average molecular weight is 198 g/mol. The van der Waals surface area contributed by atoms with Gasteiger partial charge >= 0.3 is 0 Å². The molecule has 1 nitrogen and oxygen atoms in total. The molecule has 1 aliphatic heterocycles. The van der Waals surface area contributed by atoms with Gasteiger partial charge in [0, 0.05) is 6.61 Å². The molecule has 84 valence electrons. The predicted octanol–water partition coefficient (Wildman–Crippen LogP) is 3.88. The molecule has 0 amide bonds. The molecule has 1 saturated carbocycles. The first kappa shape index (κ1) is 12.0. The van der Waals surface area contributed by atoms with Crippen LogP contribution in [0.3, 0.4) is 0 Å². The van der Waals surface area contributed by atoms with E-state index in [2.05, 4.69) is 13.8 Å². The van der Waals surface area contributed by atoms with Crippen molar-refractivity contribution in [1.29, 1.82) is 0 Å². The van der Waals surface area contributed by atoms with Gasteiger partial charge in [-0.25, -0.2) is 0 Å². The molecule has 0 bridgehead atoms. The fraction of sp³-hybridized carbons (Fsp3) is 1.00. The van der Waals surface area contributed by atoms with E-state index in [9.17, 15) is 0 Å². The maximum absolute atomic E-state index is 5.56. The standard InChI is InChI=1S/C11H20O.C2H6/c1-9(2)10-6-11(7-10)4-3-5-12-8-11;1-2/h9-10H,3-8H2,1-2H3;1-2H3. The zero-order valence-corrected chi connectivity index (χ0v) is 10.3. The quantitative estimate of drug-likeness (QED) is 0.621. The van der Waals surface area contributed by atoms with Crippen molar-refractivity contribution in [2.75, 3.05) is 13.2 Å². The van der Waals surface area contributed by atoms with Crippen LogP contribution in [0.1, 0.15) is 53.4 Å². The molecule has 1 heterocycles. The summed E-state index contributed by atoms with van der Waals surface area (Å²) in [5.74, 6) is 1.88. The molecule has 2 fully saturated rings. The molecule has 0 atom stereocenters. The third-order valence-corrected chi connectivity index (χ3v) is 3.74. The van der Waals surface area contributed by atoms with E-state index in [1.165, 1.54) is 25.7 Å². The highest BCUT2D eigenvalue weighted by atomic mass is 16.5. The zero-order chi connectivity index (χ0) is 10.6. The van der Waals surface area contributed by atoms with Gasteiger partial charge in [-0.15, -0.1) is 0 Å². The van der Waals surface area contributed by atoms with Crippen LogP contribution in [0.4, 0.5) is 0 Å². The highest BCUT2D eigenvalue weighted by Gasteiger charge is 2.45. The first-order valence-corrected chi connectivity index (χ1v) is 6.30. The molecule has 1 heteroatoms. The van der Waals surface area contributed by atoms with Crippen molar-refractivity contribution in [3.05, 3.63) is 0 Å². The second-order valence-corrected chi connectivity index (χ2v) is 5.07. The largest absolute Gasteiger partial charge is 0.381 e. The predicted molar refractivity (Wildman–Crippen MR) is 61.4 cm³/mol. The van der Waals surface area contributed by atoms with Crippen LogP contribution in [-0.2, 0) is 4.74 Å². The Balaban J connectivity index is 0.000000461. The number of ether oxygens (including phenoxy) is 1. The molecule has 0 unspecified atom stereocenters. The van der Waals surface area contributed by atoms with Gasteiger partial charge in [-0.1, -0.05) is 27.7 Å². The molecular formula is C13H26O. The van der Waals surface area contributed by atoms with Gasteiger partial charge in [-0.05, 0) is 42.9 Å². The Morgan fingerprint density at radius 2 is 1.86 bits per heavy atom. The summed E-state index contributed by atoms with van der Waals surface area (Å²) in [5.41, 5.74) is 0.632. The fourth-order valence-electron chi connectivity index (χ4n) is 2.76. The van der Waals surface area contributed by atoms with Gasteiger partial charge in [0.15, 0.2) is 0 Å². The van der Waals surface area contributed by atoms with Crippen molar-refractivity contribution in [2.24, 2.45) is 17.3 Å². The van der Waals surface area contributed by atoms with Crippen molar-refractivity contribution < 1.29 is 4.74 Å². The summed E-state index contributed by atoms with van der Waals surface area (Å²) in [6.45, 7) is 10.8. The highest BCUT2D eigenvalue weighted by Crippen LogP contribution is 2.53. The van der Waals surface area contributed by atoms with Crippen LogP contribution in [0.5, 0.6) is 0 Å². The SMILES string of the molecule is CC.CC(C)C1CC2(CCCOC2)C1. The number of hydrogen-bond acceptors (Lipinski definition) is 1. The van der Waals surface area contributed by atoms with E-state index >= 15 is 0 Å². The van der Waals surface area contributed by atoms with E-state index in [-0.39, 0.29) is 0 Å². The van der Waals surface area contributed by atoms with Gasteiger partial charge < -0.3 is 4.74 Å². The Bertz CT molecular complexity index is 149. The molecule has 0 aromatic carbocycles. The van der Waals surface area contributed by atoms with Crippen LogP contribution in [0.15, 0.2) is 0 Å². The summed E-state index contributed by atoms with van der Waals surface area (Å²) in [7, 11) is 0. The Labute approximate surface area is 89.2 Å². The summed E-state index contributed by atoms with van der Waals surface area (Å²) >= 11 is 0. The van der Waals surface area contributed by atoms with Crippen molar-refractivity contribution in [3.8, 4) is 0 Å². The van der Waals surface area contributed by atoms with Crippen LogP contribution in [0, 0.1) is 17.3 Å². The summed E-state index contributed by atoms with van der Waals surface area (Å²) in [6, 6.07) is 0. The van der Waals surface area contributed by atoms with Crippen molar-refractivity contribution in [1.82, 2.24) is 0 Å². The van der Waals surface area contributed by atoms with Crippen LogP contribution >= 0.6 is 0 Å². The van der Waals surface area contributed by atoms with E-state index in [1.54, 1.807) is 0 Å². The Morgan fingerprint density at radius 1 is 1.21 bits per heavy atom. The van der Waals surface area contributed by atoms with E-state index < -0.39 is 0 Å². The van der Waals surface area contributed by atoms with Gasteiger partial charge in [-0.3, -0.25) is 0 Å². The Morgan fingerprint density at radius 3 is 2.29 bits per heavy atom. The van der Waals surface area contributed by atoms with Crippen molar-refractivity contribution >= 4 is 0 Å². The zero-order valence-electron chi connectivity index (χ0n) is 10.3. The third-order valence-electron chi connectivity index (χ3n) is 3.74. The first-order valence-electron chi connectivity index (χ1n) is 6.30. The minimum absolute atomic E-state index is 0.632. The molecular weight excluding hydrogens is 172 g/mol. The summed E-state index contributed by atoms with van der Waals surface area (Å²) in [4.78, 5) is 0. The molecule has 14 heavy (non-hydrogen) atoms. The first-order chi connectivity index (χ1) is 6.72. The molecule has 1 saturated heterocycles. The maximum Gasteiger partial charge on any atom is 0.0522 e. The van der Waals surface area contributed by atoms with Gasteiger partial charge in [0.05, 0.1) is 6.61 Å². The lowest BCUT2D eigenvalue weighted by atomic mass is 9.57. The van der Waals surface area contributed by atoms with Crippen LogP contribution in [0.25, 0.3) is 0 Å². The molecule has 0 N–H and O–H groups in total. The second-order valence-electron chi connectivity index (χ2n) is 5.07. The number of hydrogen-bond donors (Lipinski definition) is 0. The normalized spacial score (nSPS) is 36.2. The fourth-order valence-corrected chi connectivity index (χ4v) is 2.76. The lowest BCUT2D eigenvalue weighted by molar-refractivity contribution is -0.0920. The van der Waals surface area contributed by atoms with Gasteiger partial charge in [0.1, 0.15) is 0 Å². The average Bonchev–Trinajstić information content (AvgIpc) is 2.18. The van der Waals surface area contributed by atoms with Crippen LogP contribution in [0.2, 0.25) is 0 Å². The number of rotatable bonds is 1. The van der Waals surface area contributed by atoms with Gasteiger partial charge in [0.2, 0.25) is 0 Å².